The summed E-state index contributed by atoms with van der Waals surface area (Å²) in [6.45, 7) is 10.8. The van der Waals surface area contributed by atoms with Gasteiger partial charge in [-0.15, -0.1) is 0 Å². The van der Waals surface area contributed by atoms with Crippen molar-refractivity contribution in [2.45, 2.75) is 53.5 Å². The Kier molecular flexibility index (Phi) is 8.15. The molecule has 1 atom stereocenters. The number of hydrogen-bond acceptors (Lipinski definition) is 6. The van der Waals surface area contributed by atoms with E-state index in [0.29, 0.717) is 21.8 Å². The van der Waals surface area contributed by atoms with E-state index in [4.69, 9.17) is 18.0 Å². The summed E-state index contributed by atoms with van der Waals surface area (Å²) in [5.74, 6) is -0.0724. The smallest absolute Gasteiger partial charge is 0.263 e. The van der Waals surface area contributed by atoms with E-state index in [1.807, 2.05) is 43.9 Å². The Hall–Kier alpha value is -4.05. The molecule has 204 valence electrons. The number of hydrogen-bond donors (Lipinski definition) is 2. The second-order valence-electron chi connectivity index (χ2n) is 10.6. The van der Waals surface area contributed by atoms with Crippen LogP contribution in [0.15, 0.2) is 83.8 Å². The lowest BCUT2D eigenvalue weighted by Gasteiger charge is -2.37. The van der Waals surface area contributed by atoms with E-state index in [9.17, 15) is 4.79 Å². The molecule has 1 aliphatic carbocycles. The number of amides is 1. The fourth-order valence-corrected chi connectivity index (χ4v) is 5.14. The van der Waals surface area contributed by atoms with E-state index in [1.54, 1.807) is 11.6 Å². The molecule has 1 aliphatic rings. The minimum atomic E-state index is -0.314. The summed E-state index contributed by atoms with van der Waals surface area (Å²) < 4.78 is 5.65. The summed E-state index contributed by atoms with van der Waals surface area (Å²) in [4.78, 5) is 25.3. The number of carbonyl (C=O) groups is 1. The lowest BCUT2D eigenvalue weighted by Crippen LogP contribution is -2.25. The lowest BCUT2D eigenvalue weighted by atomic mass is 9.71. The Morgan fingerprint density at radius 1 is 1.23 bits per heavy atom. The average Bonchev–Trinajstić information content (AvgIpc) is 3.53. The van der Waals surface area contributed by atoms with Crippen molar-refractivity contribution in [3.63, 3.8) is 0 Å². The van der Waals surface area contributed by atoms with Gasteiger partial charge in [-0.3, -0.25) is 10.2 Å². The highest BCUT2D eigenvalue weighted by molar-refractivity contribution is 7.71. The molecule has 0 radical (unpaired) electrons. The van der Waals surface area contributed by atoms with Crippen LogP contribution in [0.25, 0.3) is 11.2 Å². The monoisotopic (exact) mass is 544 g/mol. The summed E-state index contributed by atoms with van der Waals surface area (Å²) in [6, 6.07) is 0.346. The number of allylic oxidation sites excluding steroid dienone is 9. The number of carbonyl (C=O) groups excluding carboxylic acids is 1. The Balaban J connectivity index is 1.43. The van der Waals surface area contributed by atoms with Gasteiger partial charge in [0, 0.05) is 25.5 Å². The molecule has 3 heterocycles. The molecule has 0 spiro atoms. The number of nitrogens with zero attached hydrogens (tertiary/aromatic N) is 6. The molecule has 3 aromatic rings. The molecule has 0 saturated heterocycles. The van der Waals surface area contributed by atoms with Gasteiger partial charge in [0.1, 0.15) is 16.5 Å². The number of anilines is 1. The number of nitrogens with one attached hydrogen (secondary N) is 1. The number of nitrogens with two attached hydrogens (primary N) is 1. The van der Waals surface area contributed by atoms with Crippen LogP contribution in [0, 0.1) is 10.1 Å². The van der Waals surface area contributed by atoms with Crippen molar-refractivity contribution in [2.75, 3.05) is 11.2 Å². The SMILES string of the molecule is CC(C=CC1=C(C)C(n2ccnc2)CCC1(C)C)=CC=CC(C)=CC(=O)Nn1cnc2c(=S)n(C)c(N)nc21. The number of aromatic nitrogens is 6. The first kappa shape index (κ1) is 28.0. The highest BCUT2D eigenvalue weighted by Crippen LogP contribution is 2.45. The number of nitrogen functional groups attached to an aromatic ring is 1. The van der Waals surface area contributed by atoms with E-state index in [1.165, 1.54) is 28.2 Å². The zero-order chi connectivity index (χ0) is 28.3. The first-order valence-corrected chi connectivity index (χ1v) is 13.3. The Morgan fingerprint density at radius 2 is 2.00 bits per heavy atom. The molecule has 1 unspecified atom stereocenters. The fourth-order valence-electron chi connectivity index (χ4n) is 4.90. The number of rotatable bonds is 7. The third kappa shape index (κ3) is 6.17. The molecule has 0 aliphatic heterocycles. The van der Waals surface area contributed by atoms with E-state index in [2.05, 4.69) is 64.8 Å². The molecule has 10 heteroatoms. The lowest BCUT2D eigenvalue weighted by molar-refractivity contribution is -0.112. The van der Waals surface area contributed by atoms with Crippen LogP contribution in [0.5, 0.6) is 0 Å². The zero-order valence-electron chi connectivity index (χ0n) is 23.3. The normalized spacial score (nSPS) is 18.6. The van der Waals surface area contributed by atoms with Crippen LogP contribution >= 0.6 is 12.2 Å². The minimum absolute atomic E-state index is 0.118. The molecule has 3 N–H and O–H groups in total. The van der Waals surface area contributed by atoms with Crippen molar-refractivity contribution in [1.29, 1.82) is 0 Å². The van der Waals surface area contributed by atoms with Crippen molar-refractivity contribution in [1.82, 2.24) is 28.8 Å². The average molecular weight is 545 g/mol. The van der Waals surface area contributed by atoms with Crippen molar-refractivity contribution < 1.29 is 4.79 Å². The molecule has 0 saturated carbocycles. The van der Waals surface area contributed by atoms with Crippen LogP contribution in [-0.2, 0) is 11.8 Å². The van der Waals surface area contributed by atoms with Gasteiger partial charge in [-0.05, 0) is 55.7 Å². The molecule has 3 aromatic heterocycles. The van der Waals surface area contributed by atoms with Gasteiger partial charge in [0.2, 0.25) is 5.95 Å². The van der Waals surface area contributed by atoms with E-state index in [0.717, 1.165) is 24.0 Å². The van der Waals surface area contributed by atoms with Gasteiger partial charge < -0.3 is 14.9 Å². The Morgan fingerprint density at radius 3 is 2.72 bits per heavy atom. The highest BCUT2D eigenvalue weighted by atomic mass is 32.1. The van der Waals surface area contributed by atoms with Gasteiger partial charge in [-0.1, -0.05) is 62.0 Å². The molecular formula is C29H36N8OS. The second-order valence-corrected chi connectivity index (χ2v) is 11.0. The fraction of sp³-hybridized carbons (Fsp3) is 0.345. The van der Waals surface area contributed by atoms with Crippen LogP contribution in [0.4, 0.5) is 5.95 Å². The van der Waals surface area contributed by atoms with Gasteiger partial charge in [0.25, 0.3) is 5.91 Å². The maximum Gasteiger partial charge on any atom is 0.263 e. The third-order valence-electron chi connectivity index (χ3n) is 7.22. The topological polar surface area (TPSA) is 109 Å². The van der Waals surface area contributed by atoms with E-state index in [-0.39, 0.29) is 17.3 Å². The molecule has 0 fully saturated rings. The minimum Gasteiger partial charge on any atom is -0.369 e. The quantitative estimate of drug-likeness (QED) is 0.223. The molecule has 1 amide bonds. The van der Waals surface area contributed by atoms with Crippen molar-refractivity contribution in [3.05, 3.63) is 88.4 Å². The van der Waals surface area contributed by atoms with Crippen molar-refractivity contribution in [3.8, 4) is 0 Å². The predicted molar refractivity (Wildman–Crippen MR) is 159 cm³/mol. The molecule has 4 rings (SSSR count). The van der Waals surface area contributed by atoms with Gasteiger partial charge in [0.15, 0.2) is 5.65 Å². The van der Waals surface area contributed by atoms with Crippen LogP contribution < -0.4 is 11.2 Å². The summed E-state index contributed by atoms with van der Waals surface area (Å²) in [5, 5.41) is 0. The van der Waals surface area contributed by atoms with Crippen LogP contribution in [0.3, 0.4) is 0 Å². The third-order valence-corrected chi connectivity index (χ3v) is 7.68. The van der Waals surface area contributed by atoms with Gasteiger partial charge in [-0.25, -0.2) is 14.6 Å². The standard InChI is InChI=1S/C29H36N8OS/c1-19(10-11-22-21(3)23(12-13-29(22,4)5)36-15-14-31-17-36)8-7-9-20(2)16-24(38)34-37-18-32-25-26(37)33-28(30)35(6)27(25)39/h7-11,14-18,23H,12-13H2,1-6H3,(H2,30,33)(H,34,38). The Labute approximate surface area is 234 Å². The van der Waals surface area contributed by atoms with Crippen LogP contribution in [-0.4, -0.2) is 34.7 Å². The molecule has 0 aromatic carbocycles. The van der Waals surface area contributed by atoms with Gasteiger partial charge >= 0.3 is 0 Å². The largest absolute Gasteiger partial charge is 0.369 e. The van der Waals surface area contributed by atoms with Crippen molar-refractivity contribution in [2.24, 2.45) is 12.5 Å². The van der Waals surface area contributed by atoms with Gasteiger partial charge in [0.05, 0.1) is 12.4 Å². The maximum absolute atomic E-state index is 12.6. The van der Waals surface area contributed by atoms with Crippen LogP contribution in [0.2, 0.25) is 0 Å². The number of imidazole rings is 2. The second kappa shape index (κ2) is 11.4. The maximum atomic E-state index is 12.6. The summed E-state index contributed by atoms with van der Waals surface area (Å²) in [5.41, 5.74) is 14.3. The van der Waals surface area contributed by atoms with Gasteiger partial charge in [-0.2, -0.15) is 4.98 Å². The molecular weight excluding hydrogens is 508 g/mol. The molecule has 9 nitrogen and oxygen atoms in total. The predicted octanol–water partition coefficient (Wildman–Crippen LogP) is 5.73. The highest BCUT2D eigenvalue weighted by Gasteiger charge is 2.32. The number of fused-ring (bicyclic) bond motifs is 1. The first-order chi connectivity index (χ1) is 18.5. The van der Waals surface area contributed by atoms with E-state index >= 15 is 0 Å². The van der Waals surface area contributed by atoms with E-state index < -0.39 is 0 Å². The van der Waals surface area contributed by atoms with Crippen LogP contribution in [0.1, 0.15) is 53.5 Å². The summed E-state index contributed by atoms with van der Waals surface area (Å²) >= 11 is 5.36. The Bertz CT molecular complexity index is 1600. The molecule has 0 bridgehead atoms. The summed E-state index contributed by atoms with van der Waals surface area (Å²) in [7, 11) is 1.72. The summed E-state index contributed by atoms with van der Waals surface area (Å²) in [6.07, 6.45) is 21.3. The first-order valence-electron chi connectivity index (χ1n) is 12.9. The zero-order valence-corrected chi connectivity index (χ0v) is 24.2. The molecule has 39 heavy (non-hydrogen) atoms. The van der Waals surface area contributed by atoms with Crippen molar-refractivity contribution >= 4 is 35.2 Å².